The highest BCUT2D eigenvalue weighted by Gasteiger charge is 2.14. The van der Waals surface area contributed by atoms with Gasteiger partial charge in [-0.15, -0.1) is 0 Å². The van der Waals surface area contributed by atoms with Crippen molar-refractivity contribution < 1.29 is 14.6 Å². The maximum Gasteiger partial charge on any atom is 0.319 e. The fourth-order valence-corrected chi connectivity index (χ4v) is 1.85. The first kappa shape index (κ1) is 15.8. The number of halogens is 1. The molecule has 0 fully saturated rings. The van der Waals surface area contributed by atoms with E-state index < -0.39 is 0 Å². The summed E-state index contributed by atoms with van der Waals surface area (Å²) in [7, 11) is 1.58. The van der Waals surface area contributed by atoms with E-state index in [0.717, 1.165) is 4.47 Å². The Morgan fingerprint density at radius 1 is 1.47 bits per heavy atom. The van der Waals surface area contributed by atoms with Gasteiger partial charge in [-0.05, 0) is 47.0 Å². The lowest BCUT2D eigenvalue weighted by atomic mass is 10.1. The molecule has 0 aliphatic heterocycles. The van der Waals surface area contributed by atoms with E-state index in [1.54, 1.807) is 25.3 Å². The predicted molar refractivity (Wildman–Crippen MR) is 78.6 cm³/mol. The first-order valence-corrected chi connectivity index (χ1v) is 6.79. The van der Waals surface area contributed by atoms with Gasteiger partial charge in [0.1, 0.15) is 5.75 Å². The lowest BCUT2D eigenvalue weighted by Gasteiger charge is -2.19. The van der Waals surface area contributed by atoms with E-state index in [2.05, 4.69) is 26.6 Å². The van der Waals surface area contributed by atoms with Gasteiger partial charge in [0.2, 0.25) is 0 Å². The Kier molecular flexibility index (Phi) is 6.11. The molecule has 0 aliphatic carbocycles. The van der Waals surface area contributed by atoms with Crippen LogP contribution in [0.5, 0.6) is 5.75 Å². The monoisotopic (exact) mass is 330 g/mol. The molecule has 0 aliphatic rings. The second-order valence-electron chi connectivity index (χ2n) is 4.39. The van der Waals surface area contributed by atoms with Gasteiger partial charge in [-0.2, -0.15) is 0 Å². The summed E-state index contributed by atoms with van der Waals surface area (Å²) in [6.07, 6.45) is 0. The summed E-state index contributed by atoms with van der Waals surface area (Å²) in [5, 5.41) is 14.5. The van der Waals surface area contributed by atoms with E-state index in [-0.39, 0.29) is 24.6 Å². The number of methoxy groups -OCH3 is 1. The number of rotatable bonds is 5. The summed E-state index contributed by atoms with van der Waals surface area (Å²) in [4.78, 5) is 11.8. The molecule has 6 heteroatoms. The molecule has 5 nitrogen and oxygen atoms in total. The Balaban J connectivity index is 2.62. The van der Waals surface area contributed by atoms with Crippen LogP contribution in [0.25, 0.3) is 0 Å². The standard InChI is InChI=1S/C13H19BrN2O3/c1-8(7-17)9(2)15-13(18)16-12-5-4-10(19-3)6-11(12)14/h4-6,8-9,17H,7H2,1-3H3,(H2,15,16,18)/t8-,9-/m0/s1. The minimum atomic E-state index is -0.307. The zero-order chi connectivity index (χ0) is 14.4. The SMILES string of the molecule is COc1ccc(NC(=O)N[C@@H](C)[C@@H](C)CO)c(Br)c1. The van der Waals surface area contributed by atoms with Crippen LogP contribution in [0, 0.1) is 5.92 Å². The van der Waals surface area contributed by atoms with Gasteiger partial charge in [0.15, 0.2) is 0 Å². The quantitative estimate of drug-likeness (QED) is 0.777. The van der Waals surface area contributed by atoms with Crippen LogP contribution in [-0.2, 0) is 0 Å². The molecule has 0 radical (unpaired) electrons. The summed E-state index contributed by atoms with van der Waals surface area (Å²) < 4.78 is 5.82. The number of benzene rings is 1. The zero-order valence-electron chi connectivity index (χ0n) is 11.2. The van der Waals surface area contributed by atoms with Crippen LogP contribution in [0.4, 0.5) is 10.5 Å². The summed E-state index contributed by atoms with van der Waals surface area (Å²) in [5.74, 6) is 0.713. The van der Waals surface area contributed by atoms with Crippen molar-refractivity contribution in [2.24, 2.45) is 5.92 Å². The van der Waals surface area contributed by atoms with E-state index in [4.69, 9.17) is 9.84 Å². The van der Waals surface area contributed by atoms with Gasteiger partial charge in [0, 0.05) is 17.1 Å². The van der Waals surface area contributed by atoms with Gasteiger partial charge in [-0.1, -0.05) is 6.92 Å². The topological polar surface area (TPSA) is 70.6 Å². The molecule has 0 bridgehead atoms. The Labute approximate surface area is 121 Å². The molecular formula is C13H19BrN2O3. The average Bonchev–Trinajstić information content (AvgIpc) is 2.39. The lowest BCUT2D eigenvalue weighted by molar-refractivity contribution is 0.204. The minimum absolute atomic E-state index is 0.00468. The third-order valence-electron chi connectivity index (χ3n) is 2.92. The van der Waals surface area contributed by atoms with Crippen LogP contribution < -0.4 is 15.4 Å². The molecule has 1 aromatic carbocycles. The van der Waals surface area contributed by atoms with Crippen molar-refractivity contribution in [2.45, 2.75) is 19.9 Å². The molecule has 0 aromatic heterocycles. The number of nitrogens with one attached hydrogen (secondary N) is 2. The summed E-state index contributed by atoms with van der Waals surface area (Å²) in [6.45, 7) is 3.76. The number of urea groups is 1. The molecule has 0 saturated carbocycles. The van der Waals surface area contributed by atoms with Gasteiger partial charge in [-0.25, -0.2) is 4.79 Å². The average molecular weight is 331 g/mol. The fraction of sp³-hybridized carbons (Fsp3) is 0.462. The Hall–Kier alpha value is -1.27. The molecule has 1 aromatic rings. The van der Waals surface area contributed by atoms with Crippen molar-refractivity contribution in [3.8, 4) is 5.75 Å². The van der Waals surface area contributed by atoms with Crippen molar-refractivity contribution in [1.29, 1.82) is 0 Å². The van der Waals surface area contributed by atoms with Crippen molar-refractivity contribution in [1.82, 2.24) is 5.32 Å². The highest BCUT2D eigenvalue weighted by atomic mass is 79.9. The highest BCUT2D eigenvalue weighted by Crippen LogP contribution is 2.26. The minimum Gasteiger partial charge on any atom is -0.497 e. The van der Waals surface area contributed by atoms with Crippen molar-refractivity contribution in [3.63, 3.8) is 0 Å². The van der Waals surface area contributed by atoms with Crippen LogP contribution in [0.15, 0.2) is 22.7 Å². The van der Waals surface area contributed by atoms with Gasteiger partial charge in [-0.3, -0.25) is 0 Å². The second kappa shape index (κ2) is 7.35. The predicted octanol–water partition coefficient (Wildman–Crippen LogP) is 2.60. The number of aliphatic hydroxyl groups excluding tert-OH is 1. The van der Waals surface area contributed by atoms with Gasteiger partial charge in [0.05, 0.1) is 12.8 Å². The Morgan fingerprint density at radius 2 is 2.16 bits per heavy atom. The molecule has 2 amide bonds. The molecule has 0 spiro atoms. The number of carbonyl (C=O) groups is 1. The highest BCUT2D eigenvalue weighted by molar-refractivity contribution is 9.10. The fourth-order valence-electron chi connectivity index (χ4n) is 1.39. The summed E-state index contributed by atoms with van der Waals surface area (Å²) in [5.41, 5.74) is 0.655. The van der Waals surface area contributed by atoms with Crippen LogP contribution in [0.2, 0.25) is 0 Å². The summed E-state index contributed by atoms with van der Waals surface area (Å²) in [6, 6.07) is 4.87. The normalized spacial score (nSPS) is 13.5. The third-order valence-corrected chi connectivity index (χ3v) is 3.58. The van der Waals surface area contributed by atoms with E-state index >= 15 is 0 Å². The number of amides is 2. The largest absolute Gasteiger partial charge is 0.497 e. The van der Waals surface area contributed by atoms with E-state index in [1.165, 1.54) is 0 Å². The molecule has 0 heterocycles. The summed E-state index contributed by atoms with van der Waals surface area (Å²) >= 11 is 3.36. The van der Waals surface area contributed by atoms with Gasteiger partial charge >= 0.3 is 6.03 Å². The van der Waals surface area contributed by atoms with Gasteiger partial charge in [0.25, 0.3) is 0 Å². The number of carbonyl (C=O) groups excluding carboxylic acids is 1. The molecule has 0 saturated heterocycles. The number of hydrogen-bond acceptors (Lipinski definition) is 3. The van der Waals surface area contributed by atoms with Crippen molar-refractivity contribution in [2.75, 3.05) is 19.0 Å². The smallest absolute Gasteiger partial charge is 0.319 e. The first-order chi connectivity index (χ1) is 8.97. The van der Waals surface area contributed by atoms with Crippen LogP contribution in [-0.4, -0.2) is 30.9 Å². The third kappa shape index (κ3) is 4.72. The second-order valence-corrected chi connectivity index (χ2v) is 5.25. The number of aliphatic hydroxyl groups is 1. The van der Waals surface area contributed by atoms with E-state index in [9.17, 15) is 4.79 Å². The number of ether oxygens (including phenoxy) is 1. The molecule has 2 atom stereocenters. The lowest BCUT2D eigenvalue weighted by Crippen LogP contribution is -2.40. The zero-order valence-corrected chi connectivity index (χ0v) is 12.8. The van der Waals surface area contributed by atoms with E-state index in [0.29, 0.717) is 11.4 Å². The Bertz CT molecular complexity index is 440. The van der Waals surface area contributed by atoms with Crippen LogP contribution in [0.3, 0.4) is 0 Å². The van der Waals surface area contributed by atoms with Crippen molar-refractivity contribution in [3.05, 3.63) is 22.7 Å². The maximum absolute atomic E-state index is 11.8. The Morgan fingerprint density at radius 3 is 2.68 bits per heavy atom. The molecule has 0 unspecified atom stereocenters. The number of hydrogen-bond donors (Lipinski definition) is 3. The van der Waals surface area contributed by atoms with Crippen molar-refractivity contribution >= 4 is 27.6 Å². The maximum atomic E-state index is 11.8. The molecule has 106 valence electrons. The number of anilines is 1. The van der Waals surface area contributed by atoms with Crippen LogP contribution >= 0.6 is 15.9 Å². The van der Waals surface area contributed by atoms with Gasteiger partial charge < -0.3 is 20.5 Å². The molecule has 1 rings (SSSR count). The molecule has 3 N–H and O–H groups in total. The van der Waals surface area contributed by atoms with E-state index in [1.807, 2.05) is 13.8 Å². The van der Waals surface area contributed by atoms with Crippen LogP contribution in [0.1, 0.15) is 13.8 Å². The molecule has 19 heavy (non-hydrogen) atoms. The first-order valence-electron chi connectivity index (χ1n) is 5.99. The molecular weight excluding hydrogens is 312 g/mol.